The van der Waals surface area contributed by atoms with Crippen molar-refractivity contribution in [1.82, 2.24) is 0 Å². The lowest BCUT2D eigenvalue weighted by atomic mass is 9.96. The Morgan fingerprint density at radius 1 is 0.655 bits per heavy atom. The molecular formula is C35H46O20. The predicted octanol–water partition coefficient (Wildman–Crippen LogP) is -3.19. The normalized spacial score (nSPS) is 36.9. The largest absolute Gasteiger partial charge is 0.504 e. The molecule has 3 fully saturated rings. The smallest absolute Gasteiger partial charge is 0.331 e. The van der Waals surface area contributed by atoms with Gasteiger partial charge in [-0.05, 0) is 54.8 Å². The summed E-state index contributed by atoms with van der Waals surface area (Å²) >= 11 is 0. The molecule has 0 aliphatic carbocycles. The molecule has 0 bridgehead atoms. The van der Waals surface area contributed by atoms with Crippen molar-refractivity contribution in [1.29, 1.82) is 0 Å². The first-order valence-corrected chi connectivity index (χ1v) is 17.2. The van der Waals surface area contributed by atoms with Crippen molar-refractivity contribution in [2.75, 3.05) is 19.8 Å². The monoisotopic (exact) mass is 786 g/mol. The number of aliphatic hydroxyl groups is 8. The molecule has 0 aromatic heterocycles. The molecule has 0 unspecified atom stereocenters. The van der Waals surface area contributed by atoms with E-state index in [1.807, 2.05) is 0 Å². The Balaban J connectivity index is 1.33. The number of phenolic OH excluding ortho intramolecular Hbond substituents is 4. The third-order valence-electron chi connectivity index (χ3n) is 9.38. The Bertz CT molecular complexity index is 1610. The maximum atomic E-state index is 13.0. The number of hydrogen-bond acceptors (Lipinski definition) is 20. The van der Waals surface area contributed by atoms with Crippen molar-refractivity contribution in [3.63, 3.8) is 0 Å². The van der Waals surface area contributed by atoms with Crippen LogP contribution in [-0.4, -0.2) is 179 Å². The molecule has 0 spiro atoms. The molecule has 20 heteroatoms. The molecule has 12 N–H and O–H groups in total. The highest BCUT2D eigenvalue weighted by atomic mass is 16.8. The lowest BCUT2D eigenvalue weighted by Crippen LogP contribution is -2.66. The van der Waals surface area contributed by atoms with Gasteiger partial charge in [0.25, 0.3) is 0 Å². The number of benzene rings is 2. The molecule has 3 saturated heterocycles. The topological polar surface area (TPSA) is 324 Å². The number of ether oxygens (including phenoxy) is 7. The van der Waals surface area contributed by atoms with Gasteiger partial charge in [0.1, 0.15) is 61.0 Å². The molecule has 5 rings (SSSR count). The first kappa shape index (κ1) is 42.4. The Labute approximate surface area is 313 Å². The molecule has 2 aromatic carbocycles. The zero-order chi connectivity index (χ0) is 40.1. The van der Waals surface area contributed by atoms with Crippen molar-refractivity contribution < 1.29 is 99.2 Å². The summed E-state index contributed by atoms with van der Waals surface area (Å²) in [7, 11) is 0. The molecule has 3 aliphatic heterocycles. The number of carbonyl (C=O) groups is 1. The van der Waals surface area contributed by atoms with Gasteiger partial charge in [0, 0.05) is 6.08 Å². The van der Waals surface area contributed by atoms with Crippen molar-refractivity contribution in [3.05, 3.63) is 53.6 Å². The number of esters is 1. The van der Waals surface area contributed by atoms with Gasteiger partial charge >= 0.3 is 5.97 Å². The number of hydrogen-bond donors (Lipinski definition) is 12. The van der Waals surface area contributed by atoms with E-state index in [-0.39, 0.29) is 30.1 Å². The van der Waals surface area contributed by atoms with E-state index in [0.29, 0.717) is 5.56 Å². The molecule has 3 heterocycles. The highest BCUT2D eigenvalue weighted by molar-refractivity contribution is 5.87. The first-order valence-electron chi connectivity index (χ1n) is 17.2. The van der Waals surface area contributed by atoms with Crippen molar-refractivity contribution >= 4 is 12.0 Å². The van der Waals surface area contributed by atoms with E-state index in [0.717, 1.165) is 6.08 Å². The van der Waals surface area contributed by atoms with Crippen LogP contribution in [-0.2, 0) is 44.4 Å². The third-order valence-corrected chi connectivity index (χ3v) is 9.38. The molecule has 2 aromatic rings. The number of aliphatic hydroxyl groups excluding tert-OH is 8. The Hall–Kier alpha value is -3.71. The summed E-state index contributed by atoms with van der Waals surface area (Å²) in [5.41, 5.74) is 0.825. The molecular weight excluding hydrogens is 740 g/mol. The van der Waals surface area contributed by atoms with Crippen LogP contribution in [0.3, 0.4) is 0 Å². The standard InChI is InChI=1S/C35H46O20/c1-14-30(54-35-27(46)25(44)24(43)21(12-36)51-35)26(45)28(47)34(50-14)55-32-29(48)33(49-9-8-16-3-6-18(39)20(41)11-16)52-22(13-37)31(32)53-23(42)7-4-15-2-5-17(38)19(40)10-15/h2-7,10-11,14,21-22,24-41,43-48H,8-9,12-13H2,1H3/b7-4+/t14-,21-,22+,24-,25-,26+,27-,28+,29-,30-,31-,32-,33-,34-,35+/m0/s1. The molecule has 20 nitrogen and oxygen atoms in total. The van der Waals surface area contributed by atoms with E-state index in [1.54, 1.807) is 0 Å². The molecule has 0 saturated carbocycles. The second kappa shape index (κ2) is 18.5. The van der Waals surface area contributed by atoms with Gasteiger partial charge in [-0.15, -0.1) is 0 Å². The Morgan fingerprint density at radius 3 is 1.91 bits per heavy atom. The van der Waals surface area contributed by atoms with Crippen LogP contribution < -0.4 is 0 Å². The van der Waals surface area contributed by atoms with Gasteiger partial charge in [0.05, 0.1) is 25.9 Å². The van der Waals surface area contributed by atoms with E-state index >= 15 is 0 Å². The lowest BCUT2D eigenvalue weighted by molar-refractivity contribution is -0.376. The van der Waals surface area contributed by atoms with Gasteiger partial charge < -0.3 is 94.4 Å². The van der Waals surface area contributed by atoms with E-state index < -0.39 is 123 Å². The first-order chi connectivity index (χ1) is 26.1. The fourth-order valence-corrected chi connectivity index (χ4v) is 6.27. The fourth-order valence-electron chi connectivity index (χ4n) is 6.27. The van der Waals surface area contributed by atoms with Crippen molar-refractivity contribution in [3.8, 4) is 23.0 Å². The van der Waals surface area contributed by atoms with Gasteiger partial charge in [-0.25, -0.2) is 4.79 Å². The van der Waals surface area contributed by atoms with Crippen LogP contribution in [0.1, 0.15) is 18.1 Å². The molecule has 0 amide bonds. The quantitative estimate of drug-likeness (QED) is 0.0541. The molecule has 0 radical (unpaired) electrons. The minimum absolute atomic E-state index is 0.140. The summed E-state index contributed by atoms with van der Waals surface area (Å²) < 4.78 is 39.8. The number of aromatic hydroxyl groups is 4. The van der Waals surface area contributed by atoms with Crippen LogP contribution in [0.2, 0.25) is 0 Å². The number of carbonyl (C=O) groups excluding carboxylic acids is 1. The Morgan fingerprint density at radius 2 is 1.25 bits per heavy atom. The van der Waals surface area contributed by atoms with Gasteiger partial charge in [-0.1, -0.05) is 12.1 Å². The zero-order valence-electron chi connectivity index (χ0n) is 29.2. The molecule has 55 heavy (non-hydrogen) atoms. The summed E-state index contributed by atoms with van der Waals surface area (Å²) in [6.07, 6.45) is -22.4. The third kappa shape index (κ3) is 9.82. The molecule has 15 atom stereocenters. The Kier molecular flexibility index (Phi) is 14.3. The van der Waals surface area contributed by atoms with Crippen LogP contribution in [0.25, 0.3) is 6.08 Å². The number of rotatable bonds is 13. The average Bonchev–Trinajstić information content (AvgIpc) is 3.16. The van der Waals surface area contributed by atoms with Crippen molar-refractivity contribution in [2.45, 2.75) is 105 Å². The van der Waals surface area contributed by atoms with Crippen LogP contribution >= 0.6 is 0 Å². The number of phenols is 4. The highest BCUT2D eigenvalue weighted by Gasteiger charge is 2.54. The summed E-state index contributed by atoms with van der Waals surface area (Å²) in [5.74, 6) is -2.60. The van der Waals surface area contributed by atoms with Crippen LogP contribution in [0.5, 0.6) is 23.0 Å². The lowest BCUT2D eigenvalue weighted by Gasteiger charge is -2.48. The zero-order valence-corrected chi connectivity index (χ0v) is 29.2. The van der Waals surface area contributed by atoms with Gasteiger partial charge in [0.2, 0.25) is 0 Å². The molecule has 3 aliphatic rings. The minimum Gasteiger partial charge on any atom is -0.504 e. The van der Waals surface area contributed by atoms with E-state index in [9.17, 15) is 66.1 Å². The maximum absolute atomic E-state index is 13.0. The molecule has 306 valence electrons. The van der Waals surface area contributed by atoms with Crippen LogP contribution in [0.4, 0.5) is 0 Å². The van der Waals surface area contributed by atoms with Gasteiger partial charge in [0.15, 0.2) is 48.0 Å². The summed E-state index contributed by atoms with van der Waals surface area (Å²) in [6.45, 7) is -0.321. The predicted molar refractivity (Wildman–Crippen MR) is 180 cm³/mol. The van der Waals surface area contributed by atoms with Crippen molar-refractivity contribution in [2.24, 2.45) is 0 Å². The summed E-state index contributed by atoms with van der Waals surface area (Å²) in [6, 6.07) is 7.82. The SMILES string of the molecule is C[C@@H]1O[C@@H](O[C@H]2[C@H](O)[C@@H](OCCc3ccc(O)c(O)c3)O[C@H](CO)[C@@H]2OC(=O)/C=C/c2ccc(O)c(O)c2)[C@H](O)[C@@H](O)[C@H]1O[C@H]1O[C@@H](CO)[C@H](O)[C@H](O)[C@@H]1O. The van der Waals surface area contributed by atoms with E-state index in [1.165, 1.54) is 49.4 Å². The second-order valence-corrected chi connectivity index (χ2v) is 13.2. The second-order valence-electron chi connectivity index (χ2n) is 13.2. The maximum Gasteiger partial charge on any atom is 0.331 e. The van der Waals surface area contributed by atoms with Gasteiger partial charge in [-0.3, -0.25) is 0 Å². The van der Waals surface area contributed by atoms with Gasteiger partial charge in [-0.2, -0.15) is 0 Å². The highest BCUT2D eigenvalue weighted by Crippen LogP contribution is 2.34. The average molecular weight is 787 g/mol. The summed E-state index contributed by atoms with van der Waals surface area (Å²) in [4.78, 5) is 13.0. The van der Waals surface area contributed by atoms with E-state index in [2.05, 4.69) is 0 Å². The summed E-state index contributed by atoms with van der Waals surface area (Å²) in [5, 5.41) is 123. The minimum atomic E-state index is -1.96. The van der Waals surface area contributed by atoms with E-state index in [4.69, 9.17) is 33.2 Å². The fraction of sp³-hybridized carbons (Fsp3) is 0.571. The van der Waals surface area contributed by atoms with Crippen LogP contribution in [0, 0.1) is 0 Å². The van der Waals surface area contributed by atoms with Crippen LogP contribution in [0.15, 0.2) is 42.5 Å².